The average molecular weight is 247 g/mol. The molecule has 2 unspecified atom stereocenters. The zero-order valence-electron chi connectivity index (χ0n) is 7.71. The van der Waals surface area contributed by atoms with E-state index < -0.39 is 24.1 Å². The maximum absolute atomic E-state index is 11.4. The first-order valence-corrected chi connectivity index (χ1v) is 4.42. The van der Waals surface area contributed by atoms with Crippen LogP contribution in [0.2, 0.25) is 0 Å². The van der Waals surface area contributed by atoms with Crippen molar-refractivity contribution in [2.24, 2.45) is 0 Å². The Morgan fingerprint density at radius 2 is 1.81 bits per heavy atom. The van der Waals surface area contributed by atoms with Crippen molar-refractivity contribution >= 4 is 68.9 Å². The number of carbonyl (C=O) groups excluding carboxylic acids is 1. The van der Waals surface area contributed by atoms with E-state index in [1.54, 1.807) is 24.3 Å². The van der Waals surface area contributed by atoms with Gasteiger partial charge in [0, 0.05) is 5.69 Å². The first-order valence-electron chi connectivity index (χ1n) is 4.42. The van der Waals surface area contributed by atoms with E-state index in [0.717, 1.165) is 0 Å². The molecule has 2 rings (SSSR count). The SMILES string of the molecule is O=C(O)C1OC1C(=O)Nc1ccccc1.[KH]. The molecule has 1 saturated heterocycles. The molecule has 1 aromatic rings. The van der Waals surface area contributed by atoms with Crippen LogP contribution >= 0.6 is 0 Å². The third-order valence-electron chi connectivity index (χ3n) is 2.03. The second-order valence-electron chi connectivity index (χ2n) is 3.17. The van der Waals surface area contributed by atoms with Gasteiger partial charge in [0.15, 0.2) is 12.2 Å². The number of epoxide rings is 1. The Bertz CT molecular complexity index is 395. The van der Waals surface area contributed by atoms with Gasteiger partial charge in [-0.15, -0.1) is 0 Å². The molecule has 0 radical (unpaired) electrons. The molecule has 2 N–H and O–H groups in total. The number of carbonyl (C=O) groups is 2. The van der Waals surface area contributed by atoms with Crippen LogP contribution in [0, 0.1) is 0 Å². The summed E-state index contributed by atoms with van der Waals surface area (Å²) in [6.45, 7) is 0. The number of hydrogen-bond donors (Lipinski definition) is 2. The van der Waals surface area contributed by atoms with Gasteiger partial charge in [0.2, 0.25) is 0 Å². The van der Waals surface area contributed by atoms with Gasteiger partial charge in [0.1, 0.15) is 0 Å². The van der Waals surface area contributed by atoms with Crippen LogP contribution in [0.1, 0.15) is 0 Å². The summed E-state index contributed by atoms with van der Waals surface area (Å²) in [5.41, 5.74) is 0.627. The van der Waals surface area contributed by atoms with Crippen LogP contribution in [0.25, 0.3) is 0 Å². The van der Waals surface area contributed by atoms with E-state index in [2.05, 4.69) is 5.32 Å². The van der Waals surface area contributed by atoms with E-state index in [4.69, 9.17) is 9.84 Å². The van der Waals surface area contributed by atoms with E-state index in [1.165, 1.54) is 0 Å². The van der Waals surface area contributed by atoms with Crippen molar-refractivity contribution in [2.75, 3.05) is 5.32 Å². The summed E-state index contributed by atoms with van der Waals surface area (Å²) < 4.78 is 4.70. The predicted molar refractivity (Wildman–Crippen MR) is 58.5 cm³/mol. The first kappa shape index (κ1) is 13.8. The van der Waals surface area contributed by atoms with Crippen molar-refractivity contribution in [3.05, 3.63) is 30.3 Å². The molecule has 16 heavy (non-hydrogen) atoms. The molecule has 1 aliphatic heterocycles. The molecule has 80 valence electrons. The van der Waals surface area contributed by atoms with Crippen molar-refractivity contribution < 1.29 is 19.4 Å². The normalized spacial score (nSPS) is 21.8. The van der Waals surface area contributed by atoms with Crippen molar-refractivity contribution in [3.63, 3.8) is 0 Å². The van der Waals surface area contributed by atoms with Gasteiger partial charge in [-0.25, -0.2) is 4.79 Å². The van der Waals surface area contributed by atoms with Gasteiger partial charge < -0.3 is 15.2 Å². The predicted octanol–water partition coefficient (Wildman–Crippen LogP) is -0.171. The van der Waals surface area contributed by atoms with Crippen molar-refractivity contribution in [1.29, 1.82) is 0 Å². The summed E-state index contributed by atoms with van der Waals surface area (Å²) in [6.07, 6.45) is -1.85. The number of anilines is 1. The number of para-hydroxylation sites is 1. The van der Waals surface area contributed by atoms with Gasteiger partial charge in [0.05, 0.1) is 0 Å². The quantitative estimate of drug-likeness (QED) is 0.574. The number of benzene rings is 1. The number of rotatable bonds is 3. The van der Waals surface area contributed by atoms with Crippen molar-refractivity contribution in [1.82, 2.24) is 0 Å². The standard InChI is InChI=1S/C10H9NO4.K.H/c12-9(7-8(15-7)10(13)14)11-6-4-2-1-3-5-6;;/h1-5,7-8H,(H,11,12)(H,13,14);;. The summed E-state index contributed by atoms with van der Waals surface area (Å²) in [5, 5.41) is 11.1. The molecule has 1 amide bonds. The molecule has 0 saturated carbocycles. The minimum atomic E-state index is -1.11. The monoisotopic (exact) mass is 247 g/mol. The second kappa shape index (κ2) is 5.90. The van der Waals surface area contributed by atoms with Crippen molar-refractivity contribution in [3.8, 4) is 0 Å². The summed E-state index contributed by atoms with van der Waals surface area (Å²) in [6, 6.07) is 8.81. The Hall–Kier alpha value is -0.244. The first-order chi connectivity index (χ1) is 7.18. The molecule has 0 spiro atoms. The fourth-order valence-electron chi connectivity index (χ4n) is 1.23. The zero-order chi connectivity index (χ0) is 10.8. The molecule has 1 heterocycles. The molecule has 0 aliphatic carbocycles. The molecule has 5 nitrogen and oxygen atoms in total. The molecule has 0 aromatic heterocycles. The van der Waals surface area contributed by atoms with Gasteiger partial charge in [-0.2, -0.15) is 0 Å². The summed E-state index contributed by atoms with van der Waals surface area (Å²) in [5.74, 6) is -1.53. The van der Waals surface area contributed by atoms with Crippen LogP contribution in [-0.2, 0) is 14.3 Å². The number of aliphatic carboxylic acids is 1. The molecule has 2 atom stereocenters. The number of ether oxygens (including phenoxy) is 1. The summed E-state index contributed by atoms with van der Waals surface area (Å²) in [4.78, 5) is 21.8. The number of carboxylic acid groups (broad SMARTS) is 1. The van der Waals surface area contributed by atoms with Gasteiger partial charge >= 0.3 is 57.4 Å². The Kier molecular flexibility index (Phi) is 5.10. The van der Waals surface area contributed by atoms with Crippen LogP contribution < -0.4 is 5.32 Å². The molecule has 1 aromatic carbocycles. The summed E-state index contributed by atoms with van der Waals surface area (Å²) in [7, 11) is 0. The molecular formula is C10H10KNO4. The number of nitrogens with one attached hydrogen (secondary N) is 1. The number of carboxylic acids is 1. The van der Waals surface area contributed by atoms with Crippen LogP contribution in [0.5, 0.6) is 0 Å². The minimum absolute atomic E-state index is 0. The van der Waals surface area contributed by atoms with Crippen LogP contribution in [0.3, 0.4) is 0 Å². The van der Waals surface area contributed by atoms with Crippen molar-refractivity contribution in [2.45, 2.75) is 12.2 Å². The van der Waals surface area contributed by atoms with Crippen LogP contribution in [-0.4, -0.2) is 80.6 Å². The fourth-order valence-corrected chi connectivity index (χ4v) is 1.23. The van der Waals surface area contributed by atoms with Gasteiger partial charge in [0.25, 0.3) is 5.91 Å². The molecule has 6 heteroatoms. The van der Waals surface area contributed by atoms with Crippen LogP contribution in [0.15, 0.2) is 30.3 Å². The van der Waals surface area contributed by atoms with E-state index in [1.807, 2.05) is 6.07 Å². The molecule has 1 fully saturated rings. The molecule has 1 aliphatic rings. The third-order valence-corrected chi connectivity index (χ3v) is 2.03. The van der Waals surface area contributed by atoms with E-state index >= 15 is 0 Å². The topological polar surface area (TPSA) is 78.9 Å². The summed E-state index contributed by atoms with van der Waals surface area (Å²) >= 11 is 0. The average Bonchev–Trinajstić information content (AvgIpc) is 2.98. The Labute approximate surface area is 135 Å². The zero-order valence-corrected chi connectivity index (χ0v) is 7.71. The maximum atomic E-state index is 11.4. The van der Waals surface area contributed by atoms with E-state index in [0.29, 0.717) is 5.69 Å². The number of amides is 1. The third kappa shape index (κ3) is 3.37. The van der Waals surface area contributed by atoms with Crippen LogP contribution in [0.4, 0.5) is 5.69 Å². The second-order valence-corrected chi connectivity index (χ2v) is 3.17. The molecular weight excluding hydrogens is 237 g/mol. The van der Waals surface area contributed by atoms with Gasteiger partial charge in [-0.1, -0.05) is 18.2 Å². The van der Waals surface area contributed by atoms with E-state index in [-0.39, 0.29) is 51.4 Å². The number of hydrogen-bond acceptors (Lipinski definition) is 3. The van der Waals surface area contributed by atoms with Gasteiger partial charge in [-0.05, 0) is 12.1 Å². The van der Waals surface area contributed by atoms with Gasteiger partial charge in [-0.3, -0.25) is 4.79 Å². The van der Waals surface area contributed by atoms with E-state index in [9.17, 15) is 9.59 Å². The fraction of sp³-hybridized carbons (Fsp3) is 0.200. The Balaban J connectivity index is 0.00000128. The Morgan fingerprint density at radius 3 is 2.31 bits per heavy atom. The molecule has 0 bridgehead atoms. The Morgan fingerprint density at radius 1 is 1.19 bits per heavy atom.